The Morgan fingerprint density at radius 1 is 0.895 bits per heavy atom. The van der Waals surface area contributed by atoms with Crippen molar-refractivity contribution in [2.24, 2.45) is 0 Å². The highest BCUT2D eigenvalue weighted by molar-refractivity contribution is 5.94. The first-order valence-electron chi connectivity index (χ1n) is 13.0. The van der Waals surface area contributed by atoms with Gasteiger partial charge in [0.25, 0.3) is 5.75 Å². The fourth-order valence-corrected chi connectivity index (χ4v) is 3.70. The van der Waals surface area contributed by atoms with E-state index in [2.05, 4.69) is 33.8 Å². The molecule has 6 nitrogen and oxygen atoms in total. The lowest BCUT2D eigenvalue weighted by Crippen LogP contribution is -2.16. The van der Waals surface area contributed by atoms with Crippen molar-refractivity contribution in [3.8, 4) is 17.2 Å². The fourth-order valence-electron chi connectivity index (χ4n) is 3.70. The van der Waals surface area contributed by atoms with Crippen molar-refractivity contribution in [3.63, 3.8) is 0 Å². The van der Waals surface area contributed by atoms with E-state index in [1.54, 1.807) is 48.5 Å². The zero-order chi connectivity index (χ0) is 27.3. The van der Waals surface area contributed by atoms with Crippen LogP contribution in [0.5, 0.6) is 17.2 Å². The molecular formula is C32H36O6. The predicted molar refractivity (Wildman–Crippen MR) is 151 cm³/mol. The molecule has 0 aliphatic carbocycles. The Bertz CT molecular complexity index is 1360. The third-order valence-corrected chi connectivity index (χ3v) is 5.71. The first-order valence-corrected chi connectivity index (χ1v) is 13.0. The largest absolute Gasteiger partial charge is 0.488 e. The van der Waals surface area contributed by atoms with Gasteiger partial charge in [0, 0.05) is 0 Å². The zero-order valence-electron chi connectivity index (χ0n) is 22.6. The number of hydrogen-bond donors (Lipinski definition) is 0. The van der Waals surface area contributed by atoms with Crippen LogP contribution in [-0.4, -0.2) is 19.2 Å². The van der Waals surface area contributed by atoms with Crippen LogP contribution in [0, 0.1) is 0 Å². The predicted octanol–water partition coefficient (Wildman–Crippen LogP) is 7.82. The van der Waals surface area contributed by atoms with Crippen LogP contribution in [0.15, 0.2) is 93.2 Å². The molecule has 0 N–H and O–H groups in total. The molecule has 0 radical (unpaired) electrons. The van der Waals surface area contributed by atoms with Crippen LogP contribution in [0.2, 0.25) is 0 Å². The summed E-state index contributed by atoms with van der Waals surface area (Å²) in [5, 5.41) is 0.488. The van der Waals surface area contributed by atoms with Gasteiger partial charge in [-0.1, -0.05) is 60.6 Å². The SMILES string of the molecule is CCC=CCCOc1c(OC(=O)c2ccccc2)c(=O)oc2c(OCC=C(C)CCC=C(C)C)cccc12. The number of fused-ring (bicyclic) bond motifs is 1. The zero-order valence-corrected chi connectivity index (χ0v) is 22.6. The smallest absolute Gasteiger partial charge is 0.383 e. The van der Waals surface area contributed by atoms with E-state index in [1.165, 1.54) is 11.1 Å². The number of ether oxygens (including phenoxy) is 3. The highest BCUT2D eigenvalue weighted by Crippen LogP contribution is 2.37. The number of hydrogen-bond acceptors (Lipinski definition) is 6. The molecule has 3 rings (SSSR count). The van der Waals surface area contributed by atoms with Crippen molar-refractivity contribution in [2.45, 2.75) is 53.4 Å². The fraction of sp³-hybridized carbons (Fsp3) is 0.312. The summed E-state index contributed by atoms with van der Waals surface area (Å²) in [5.74, 6) is -0.388. The van der Waals surface area contributed by atoms with Gasteiger partial charge in [0.1, 0.15) is 6.61 Å². The van der Waals surface area contributed by atoms with Crippen molar-refractivity contribution >= 4 is 16.9 Å². The summed E-state index contributed by atoms with van der Waals surface area (Å²) in [7, 11) is 0. The summed E-state index contributed by atoms with van der Waals surface area (Å²) in [5.41, 5.74) is 2.25. The minimum Gasteiger partial charge on any atom is -0.488 e. The first kappa shape index (κ1) is 28.5. The lowest BCUT2D eigenvalue weighted by atomic mass is 10.1. The molecule has 200 valence electrons. The Hall–Kier alpha value is -4.06. The summed E-state index contributed by atoms with van der Waals surface area (Å²) in [6.45, 7) is 8.91. The summed E-state index contributed by atoms with van der Waals surface area (Å²) >= 11 is 0. The van der Waals surface area contributed by atoms with Crippen LogP contribution in [0.3, 0.4) is 0 Å². The molecule has 3 aromatic rings. The third-order valence-electron chi connectivity index (χ3n) is 5.71. The molecule has 0 saturated carbocycles. The molecular weight excluding hydrogens is 480 g/mol. The average molecular weight is 517 g/mol. The number of allylic oxidation sites excluding steroid dienone is 4. The maximum Gasteiger partial charge on any atom is 0.383 e. The van der Waals surface area contributed by atoms with Gasteiger partial charge < -0.3 is 18.6 Å². The summed E-state index contributed by atoms with van der Waals surface area (Å²) in [6.07, 6.45) is 11.7. The second kappa shape index (κ2) is 14.6. The normalized spacial score (nSPS) is 11.5. The van der Waals surface area contributed by atoms with E-state index in [0.29, 0.717) is 36.3 Å². The molecule has 0 fully saturated rings. The number of benzene rings is 2. The van der Waals surface area contributed by atoms with Crippen LogP contribution in [0.1, 0.15) is 63.7 Å². The van der Waals surface area contributed by atoms with E-state index in [1.807, 2.05) is 18.2 Å². The molecule has 0 aliphatic rings. The van der Waals surface area contributed by atoms with Gasteiger partial charge in [0.2, 0.25) is 0 Å². The number of carbonyl (C=O) groups is 1. The van der Waals surface area contributed by atoms with Crippen molar-refractivity contribution in [1.29, 1.82) is 0 Å². The molecule has 1 heterocycles. The molecule has 2 aromatic carbocycles. The highest BCUT2D eigenvalue weighted by atomic mass is 16.6. The van der Waals surface area contributed by atoms with Crippen LogP contribution in [0.25, 0.3) is 11.0 Å². The summed E-state index contributed by atoms with van der Waals surface area (Å²) in [6, 6.07) is 13.7. The van der Waals surface area contributed by atoms with Crippen molar-refractivity contribution in [1.82, 2.24) is 0 Å². The monoisotopic (exact) mass is 516 g/mol. The van der Waals surface area contributed by atoms with Gasteiger partial charge >= 0.3 is 11.6 Å². The number of carbonyl (C=O) groups excluding carboxylic acids is 1. The quantitative estimate of drug-likeness (QED) is 0.0998. The molecule has 0 spiro atoms. The second-order valence-electron chi connectivity index (χ2n) is 9.13. The minimum absolute atomic E-state index is 0.157. The van der Waals surface area contributed by atoms with Crippen LogP contribution in [-0.2, 0) is 0 Å². The van der Waals surface area contributed by atoms with Gasteiger partial charge in [-0.05, 0) is 76.8 Å². The Balaban J connectivity index is 1.91. The van der Waals surface area contributed by atoms with Crippen molar-refractivity contribution in [2.75, 3.05) is 13.2 Å². The highest BCUT2D eigenvalue weighted by Gasteiger charge is 2.23. The summed E-state index contributed by atoms with van der Waals surface area (Å²) < 4.78 is 23.1. The Labute approximate surface area is 224 Å². The molecule has 0 aliphatic heterocycles. The van der Waals surface area contributed by atoms with Crippen molar-refractivity contribution in [3.05, 3.63) is 100.0 Å². The molecule has 0 bridgehead atoms. The van der Waals surface area contributed by atoms with Gasteiger partial charge in [0.05, 0.1) is 17.6 Å². The molecule has 38 heavy (non-hydrogen) atoms. The maximum atomic E-state index is 13.1. The number of rotatable bonds is 13. The Kier molecular flexibility index (Phi) is 11.0. The average Bonchev–Trinajstić information content (AvgIpc) is 2.90. The van der Waals surface area contributed by atoms with Crippen LogP contribution < -0.4 is 19.8 Å². The van der Waals surface area contributed by atoms with Gasteiger partial charge in [-0.2, -0.15) is 0 Å². The third kappa shape index (κ3) is 8.23. The minimum atomic E-state index is -0.814. The van der Waals surface area contributed by atoms with Gasteiger partial charge in [-0.15, -0.1) is 0 Å². The van der Waals surface area contributed by atoms with Gasteiger partial charge in [-0.3, -0.25) is 0 Å². The summed E-state index contributed by atoms with van der Waals surface area (Å²) in [4.78, 5) is 25.8. The van der Waals surface area contributed by atoms with E-state index in [4.69, 9.17) is 18.6 Å². The molecule has 1 aromatic heterocycles. The molecule has 0 amide bonds. The Morgan fingerprint density at radius 3 is 2.42 bits per heavy atom. The van der Waals surface area contributed by atoms with E-state index < -0.39 is 11.6 Å². The standard InChI is InChI=1S/C32H36O6/c1-5-6-7-11-21-36-29-26-18-13-19-27(35-22-20-24(4)15-12-14-23(2)3)28(26)37-32(34)30(29)38-31(33)25-16-9-8-10-17-25/h6-10,13-14,16-20H,5,11-12,15,21-22H2,1-4H3. The molecule has 0 saturated heterocycles. The maximum absolute atomic E-state index is 13.1. The van der Waals surface area contributed by atoms with E-state index >= 15 is 0 Å². The molecule has 6 heteroatoms. The Morgan fingerprint density at radius 2 is 1.68 bits per heavy atom. The van der Waals surface area contributed by atoms with E-state index in [9.17, 15) is 9.59 Å². The lowest BCUT2D eigenvalue weighted by Gasteiger charge is -2.14. The first-order chi connectivity index (χ1) is 18.4. The van der Waals surface area contributed by atoms with Crippen LogP contribution in [0.4, 0.5) is 0 Å². The van der Waals surface area contributed by atoms with Crippen molar-refractivity contribution < 1.29 is 23.4 Å². The molecule has 0 atom stereocenters. The number of esters is 1. The van der Waals surface area contributed by atoms with Crippen LogP contribution >= 0.6 is 0 Å². The molecule has 0 unspecified atom stereocenters. The number of para-hydroxylation sites is 1. The second-order valence-corrected chi connectivity index (χ2v) is 9.13. The van der Waals surface area contributed by atoms with E-state index in [0.717, 1.165) is 19.3 Å². The van der Waals surface area contributed by atoms with E-state index in [-0.39, 0.29) is 17.1 Å². The van der Waals surface area contributed by atoms with Gasteiger partial charge in [-0.25, -0.2) is 9.59 Å². The van der Waals surface area contributed by atoms with Gasteiger partial charge in [0.15, 0.2) is 17.1 Å². The topological polar surface area (TPSA) is 75.0 Å². The lowest BCUT2D eigenvalue weighted by molar-refractivity contribution is 0.0721.